The molecule has 3 N–H and O–H groups in total. The van der Waals surface area contributed by atoms with Crippen molar-refractivity contribution in [2.45, 2.75) is 6.42 Å². The van der Waals surface area contributed by atoms with E-state index >= 15 is 0 Å². The first kappa shape index (κ1) is 12.9. The van der Waals surface area contributed by atoms with Crippen LogP contribution in [-0.4, -0.2) is 48.6 Å². The molecule has 0 radical (unpaired) electrons. The highest BCUT2D eigenvalue weighted by atomic mass is 16.3. The highest BCUT2D eigenvalue weighted by Gasteiger charge is 2.13. The molecule has 1 aromatic carbocycles. The zero-order chi connectivity index (χ0) is 12.8. The molecule has 0 spiro atoms. The molecule has 1 fully saturated rings. The van der Waals surface area contributed by atoms with Crippen molar-refractivity contribution in [1.29, 1.82) is 0 Å². The van der Waals surface area contributed by atoms with E-state index in [4.69, 9.17) is 0 Å². The Bertz CT molecular complexity index is 401. The number of amides is 1. The third-order valence-electron chi connectivity index (χ3n) is 2.98. The summed E-state index contributed by atoms with van der Waals surface area (Å²) in [7, 11) is 0. The molecule has 1 aromatic rings. The van der Waals surface area contributed by atoms with Crippen LogP contribution in [0.25, 0.3) is 0 Å². The van der Waals surface area contributed by atoms with Crippen LogP contribution in [0.5, 0.6) is 5.75 Å². The topological polar surface area (TPSA) is 64.6 Å². The maximum atomic E-state index is 11.9. The van der Waals surface area contributed by atoms with E-state index < -0.39 is 0 Å². The largest absolute Gasteiger partial charge is 0.506 e. The molecule has 1 saturated heterocycles. The molecular weight excluding hydrogens is 230 g/mol. The summed E-state index contributed by atoms with van der Waals surface area (Å²) in [6, 6.07) is 6.76. The van der Waals surface area contributed by atoms with Crippen molar-refractivity contribution in [1.82, 2.24) is 10.2 Å². The van der Waals surface area contributed by atoms with Gasteiger partial charge in [0.2, 0.25) is 5.91 Å². The molecule has 0 saturated carbocycles. The van der Waals surface area contributed by atoms with E-state index in [1.165, 1.54) is 0 Å². The Morgan fingerprint density at radius 1 is 1.33 bits per heavy atom. The Hall–Kier alpha value is -1.59. The van der Waals surface area contributed by atoms with Crippen molar-refractivity contribution in [2.24, 2.45) is 0 Å². The number of rotatable bonds is 3. The molecular formula is C13H19N3O2. The van der Waals surface area contributed by atoms with Crippen LogP contribution in [-0.2, 0) is 4.79 Å². The van der Waals surface area contributed by atoms with Gasteiger partial charge < -0.3 is 15.7 Å². The zero-order valence-electron chi connectivity index (χ0n) is 10.4. The molecule has 0 bridgehead atoms. The summed E-state index contributed by atoms with van der Waals surface area (Å²) in [6.45, 7) is 4.12. The number of para-hydroxylation sites is 2. The van der Waals surface area contributed by atoms with Crippen molar-refractivity contribution in [3.63, 3.8) is 0 Å². The van der Waals surface area contributed by atoms with E-state index in [1.54, 1.807) is 24.3 Å². The molecule has 0 atom stereocenters. The fourth-order valence-corrected chi connectivity index (χ4v) is 2.03. The number of anilines is 1. The van der Waals surface area contributed by atoms with Crippen molar-refractivity contribution >= 4 is 11.6 Å². The first-order valence-electron chi connectivity index (χ1n) is 6.26. The summed E-state index contributed by atoms with van der Waals surface area (Å²) in [5.74, 6) is 0.0155. The summed E-state index contributed by atoms with van der Waals surface area (Å²) in [4.78, 5) is 14.0. The first-order chi connectivity index (χ1) is 8.75. The van der Waals surface area contributed by atoms with Gasteiger partial charge in [0, 0.05) is 13.1 Å². The minimum Gasteiger partial charge on any atom is -0.506 e. The molecule has 1 aliphatic rings. The average Bonchev–Trinajstić information content (AvgIpc) is 2.61. The van der Waals surface area contributed by atoms with E-state index in [2.05, 4.69) is 15.5 Å². The van der Waals surface area contributed by atoms with Crippen LogP contribution < -0.4 is 10.6 Å². The lowest BCUT2D eigenvalue weighted by atomic mass is 10.3. The molecule has 0 unspecified atom stereocenters. The summed E-state index contributed by atoms with van der Waals surface area (Å²) in [5.41, 5.74) is 0.468. The van der Waals surface area contributed by atoms with Crippen LogP contribution >= 0.6 is 0 Å². The third-order valence-corrected chi connectivity index (χ3v) is 2.98. The number of benzene rings is 1. The lowest BCUT2D eigenvalue weighted by Gasteiger charge is -2.18. The molecule has 5 heteroatoms. The number of carbonyl (C=O) groups is 1. The Kier molecular flexibility index (Phi) is 4.55. The molecule has 18 heavy (non-hydrogen) atoms. The monoisotopic (exact) mass is 249 g/mol. The summed E-state index contributed by atoms with van der Waals surface area (Å²) >= 11 is 0. The molecule has 2 rings (SSSR count). The normalized spacial score (nSPS) is 17.1. The van der Waals surface area contributed by atoms with Crippen molar-refractivity contribution in [2.75, 3.05) is 38.0 Å². The van der Waals surface area contributed by atoms with Crippen LogP contribution in [0.4, 0.5) is 5.69 Å². The van der Waals surface area contributed by atoms with Gasteiger partial charge in [-0.1, -0.05) is 12.1 Å². The summed E-state index contributed by atoms with van der Waals surface area (Å²) in [5, 5.41) is 15.6. The van der Waals surface area contributed by atoms with E-state index in [0.29, 0.717) is 12.2 Å². The van der Waals surface area contributed by atoms with Gasteiger partial charge in [0.1, 0.15) is 5.75 Å². The molecule has 1 amide bonds. The minimum absolute atomic E-state index is 0.0848. The van der Waals surface area contributed by atoms with Gasteiger partial charge in [-0.15, -0.1) is 0 Å². The van der Waals surface area contributed by atoms with Crippen molar-refractivity contribution in [3.05, 3.63) is 24.3 Å². The standard InChI is InChI=1S/C13H19N3O2/c17-12-5-2-1-4-11(12)15-13(18)10-16-8-3-6-14-7-9-16/h1-2,4-5,14,17H,3,6-10H2,(H,15,18). The second kappa shape index (κ2) is 6.37. The number of hydrogen-bond donors (Lipinski definition) is 3. The van der Waals surface area contributed by atoms with Crippen LogP contribution in [0, 0.1) is 0 Å². The van der Waals surface area contributed by atoms with Gasteiger partial charge in [-0.2, -0.15) is 0 Å². The number of phenolic OH excluding ortho intramolecular Hbond substituents is 1. The van der Waals surface area contributed by atoms with E-state index in [0.717, 1.165) is 32.6 Å². The predicted molar refractivity (Wildman–Crippen MR) is 70.7 cm³/mol. The van der Waals surface area contributed by atoms with Crippen molar-refractivity contribution in [3.8, 4) is 5.75 Å². The lowest BCUT2D eigenvalue weighted by Crippen LogP contribution is -2.35. The number of phenols is 1. The smallest absolute Gasteiger partial charge is 0.238 e. The van der Waals surface area contributed by atoms with E-state index in [1.807, 2.05) is 0 Å². The van der Waals surface area contributed by atoms with Gasteiger partial charge in [0.15, 0.2) is 0 Å². The van der Waals surface area contributed by atoms with Gasteiger partial charge in [0.05, 0.1) is 12.2 Å². The molecule has 5 nitrogen and oxygen atoms in total. The van der Waals surface area contributed by atoms with Gasteiger partial charge in [-0.3, -0.25) is 9.69 Å². The van der Waals surface area contributed by atoms with Gasteiger partial charge >= 0.3 is 0 Å². The van der Waals surface area contributed by atoms with E-state index in [-0.39, 0.29) is 11.7 Å². The fourth-order valence-electron chi connectivity index (χ4n) is 2.03. The summed E-state index contributed by atoms with van der Waals surface area (Å²) < 4.78 is 0. The Balaban J connectivity index is 1.86. The Labute approximate surface area is 107 Å². The fraction of sp³-hybridized carbons (Fsp3) is 0.462. The van der Waals surface area contributed by atoms with E-state index in [9.17, 15) is 9.90 Å². The van der Waals surface area contributed by atoms with Gasteiger partial charge in [0.25, 0.3) is 0 Å². The van der Waals surface area contributed by atoms with Crippen LogP contribution in [0.1, 0.15) is 6.42 Å². The average molecular weight is 249 g/mol. The Morgan fingerprint density at radius 3 is 3.00 bits per heavy atom. The quantitative estimate of drug-likeness (QED) is 0.687. The number of carbonyl (C=O) groups excluding carboxylic acids is 1. The first-order valence-corrected chi connectivity index (χ1v) is 6.26. The number of aromatic hydroxyl groups is 1. The molecule has 1 aliphatic heterocycles. The highest BCUT2D eigenvalue weighted by Crippen LogP contribution is 2.21. The third kappa shape index (κ3) is 3.72. The SMILES string of the molecule is O=C(CN1CCCNCC1)Nc1ccccc1O. The van der Waals surface area contributed by atoms with Crippen molar-refractivity contribution < 1.29 is 9.90 Å². The maximum Gasteiger partial charge on any atom is 0.238 e. The lowest BCUT2D eigenvalue weighted by molar-refractivity contribution is -0.117. The number of nitrogens with one attached hydrogen (secondary N) is 2. The summed E-state index contributed by atoms with van der Waals surface area (Å²) in [6.07, 6.45) is 1.06. The molecule has 98 valence electrons. The Morgan fingerprint density at radius 2 is 2.17 bits per heavy atom. The number of nitrogens with zero attached hydrogens (tertiary/aromatic N) is 1. The molecule has 0 aromatic heterocycles. The minimum atomic E-state index is -0.0848. The highest BCUT2D eigenvalue weighted by molar-refractivity contribution is 5.93. The molecule has 0 aliphatic carbocycles. The van der Waals surface area contributed by atoms with Crippen LogP contribution in [0.15, 0.2) is 24.3 Å². The second-order valence-corrected chi connectivity index (χ2v) is 4.45. The predicted octanol–water partition coefficient (Wildman–Crippen LogP) is 0.626. The second-order valence-electron chi connectivity index (χ2n) is 4.45. The molecule has 1 heterocycles. The zero-order valence-corrected chi connectivity index (χ0v) is 10.4. The van der Waals surface area contributed by atoms with Crippen LogP contribution in [0.3, 0.4) is 0 Å². The van der Waals surface area contributed by atoms with Gasteiger partial charge in [-0.05, 0) is 31.6 Å². The van der Waals surface area contributed by atoms with Crippen LogP contribution in [0.2, 0.25) is 0 Å². The maximum absolute atomic E-state index is 11.9. The van der Waals surface area contributed by atoms with Gasteiger partial charge in [-0.25, -0.2) is 0 Å². The number of hydrogen-bond acceptors (Lipinski definition) is 4.